The fraction of sp³-hybridized carbons (Fsp3) is 0.0323. The van der Waals surface area contributed by atoms with Crippen LogP contribution in [0.3, 0.4) is 0 Å². The predicted molar refractivity (Wildman–Crippen MR) is 262 cm³/mol. The highest BCUT2D eigenvalue weighted by atomic mass is 16.5. The first-order valence-electron chi connectivity index (χ1n) is 22.3. The van der Waals surface area contributed by atoms with Gasteiger partial charge in [-0.25, -0.2) is 0 Å². The summed E-state index contributed by atoms with van der Waals surface area (Å²) in [6.45, 7) is 0. The molecule has 306 valence electrons. The lowest BCUT2D eigenvalue weighted by Gasteiger charge is -2.45. The van der Waals surface area contributed by atoms with E-state index < -0.39 is 10.8 Å². The summed E-state index contributed by atoms with van der Waals surface area (Å²) in [5, 5.41) is 0. The van der Waals surface area contributed by atoms with Gasteiger partial charge in [-0.2, -0.15) is 0 Å². The molecule has 0 radical (unpaired) electrons. The molecule has 0 atom stereocenters. The van der Waals surface area contributed by atoms with E-state index in [1.54, 1.807) is 0 Å². The number of nitrogens with zero attached hydrogens (tertiary/aromatic N) is 1. The Morgan fingerprint density at radius 2 is 0.754 bits per heavy atom. The number of fused-ring (bicyclic) bond motifs is 11. The molecule has 0 fully saturated rings. The lowest BCUT2D eigenvalue weighted by molar-refractivity contribution is 0.400. The molecule has 13 rings (SSSR count). The smallest absolute Gasteiger partial charge is 0.156 e. The van der Waals surface area contributed by atoms with Gasteiger partial charge < -0.3 is 14.4 Å². The molecule has 3 heteroatoms. The molecule has 0 N–H and O–H groups in total. The second kappa shape index (κ2) is 14.6. The number of hydrogen-bond acceptors (Lipinski definition) is 3. The molecule has 0 saturated heterocycles. The minimum Gasteiger partial charge on any atom is -0.457 e. The Labute approximate surface area is 379 Å². The van der Waals surface area contributed by atoms with Crippen molar-refractivity contribution in [3.05, 3.63) is 293 Å². The molecule has 10 aromatic carbocycles. The molecule has 3 aliphatic rings. The van der Waals surface area contributed by atoms with Crippen molar-refractivity contribution in [2.75, 3.05) is 4.90 Å². The van der Waals surface area contributed by atoms with Gasteiger partial charge in [-0.3, -0.25) is 0 Å². The summed E-state index contributed by atoms with van der Waals surface area (Å²) in [5.74, 6) is 3.29. The molecular weight excluding hydrogens is 791 g/mol. The van der Waals surface area contributed by atoms with Crippen LogP contribution in [0.15, 0.2) is 249 Å². The molecule has 3 nitrogen and oxygen atoms in total. The van der Waals surface area contributed by atoms with Gasteiger partial charge in [-0.05, 0) is 93.0 Å². The Morgan fingerprint density at radius 1 is 0.292 bits per heavy atom. The third-order valence-electron chi connectivity index (χ3n) is 13.9. The average molecular weight is 832 g/mol. The van der Waals surface area contributed by atoms with E-state index in [0.29, 0.717) is 0 Å². The topological polar surface area (TPSA) is 21.7 Å². The van der Waals surface area contributed by atoms with Gasteiger partial charge in [0.15, 0.2) is 5.75 Å². The lowest BCUT2D eigenvalue weighted by atomic mass is 9.62. The molecule has 65 heavy (non-hydrogen) atoms. The fourth-order valence-corrected chi connectivity index (χ4v) is 11.2. The van der Waals surface area contributed by atoms with Crippen molar-refractivity contribution < 1.29 is 9.47 Å². The largest absolute Gasteiger partial charge is 0.457 e. The zero-order valence-electron chi connectivity index (χ0n) is 35.4. The highest BCUT2D eigenvalue weighted by Gasteiger charge is 2.51. The molecule has 2 aliphatic heterocycles. The van der Waals surface area contributed by atoms with Gasteiger partial charge in [-0.1, -0.05) is 200 Å². The van der Waals surface area contributed by atoms with Crippen molar-refractivity contribution in [3.63, 3.8) is 0 Å². The van der Waals surface area contributed by atoms with E-state index >= 15 is 0 Å². The number of para-hydroxylation sites is 4. The second-order valence-electron chi connectivity index (χ2n) is 17.1. The number of hydrogen-bond donors (Lipinski definition) is 0. The van der Waals surface area contributed by atoms with Crippen molar-refractivity contribution >= 4 is 17.1 Å². The second-order valence-corrected chi connectivity index (χ2v) is 17.1. The summed E-state index contributed by atoms with van der Waals surface area (Å²) in [5.41, 5.74) is 15.7. The lowest BCUT2D eigenvalue weighted by Crippen LogP contribution is -2.37. The summed E-state index contributed by atoms with van der Waals surface area (Å²) in [6, 6.07) is 89.7. The average Bonchev–Trinajstić information content (AvgIpc) is 3.68. The molecule has 2 heterocycles. The molecule has 1 aliphatic carbocycles. The summed E-state index contributed by atoms with van der Waals surface area (Å²) in [7, 11) is 0. The van der Waals surface area contributed by atoms with E-state index in [9.17, 15) is 0 Å². The van der Waals surface area contributed by atoms with Crippen LogP contribution in [0.25, 0.3) is 22.3 Å². The molecule has 0 amide bonds. The van der Waals surface area contributed by atoms with Gasteiger partial charge in [0.25, 0.3) is 0 Å². The Bertz CT molecular complexity index is 3330. The van der Waals surface area contributed by atoms with Gasteiger partial charge in [0.1, 0.15) is 17.2 Å². The molecule has 0 saturated carbocycles. The van der Waals surface area contributed by atoms with Crippen LogP contribution in [0.4, 0.5) is 17.1 Å². The quantitative estimate of drug-likeness (QED) is 0.167. The Hall–Kier alpha value is -8.40. The molecular formula is C62H41NO2. The Kier molecular flexibility index (Phi) is 8.34. The third-order valence-corrected chi connectivity index (χ3v) is 13.9. The van der Waals surface area contributed by atoms with E-state index in [2.05, 4.69) is 254 Å². The standard InChI is InChI=1S/C62H41NO2/c1-4-19-42(20-5-1)43-35-37-46(38-36-43)63(47-39-40-49-48-25-10-11-26-50(48)61(55(49)41-47,44-21-6-2-7-22-44)45-23-8-3-9-24-45)56-31-18-30-54-60(56)65-59-34-17-14-29-53(59)62(54)51-27-12-15-32-57(51)64-58-33-16-13-28-52(58)62/h1-41H. The van der Waals surface area contributed by atoms with Gasteiger partial charge >= 0.3 is 0 Å². The Morgan fingerprint density at radius 3 is 1.37 bits per heavy atom. The summed E-state index contributed by atoms with van der Waals surface area (Å²) >= 11 is 0. The summed E-state index contributed by atoms with van der Waals surface area (Å²) in [6.07, 6.45) is 0. The van der Waals surface area contributed by atoms with Gasteiger partial charge in [0.2, 0.25) is 0 Å². The van der Waals surface area contributed by atoms with Crippen molar-refractivity contribution in [2.45, 2.75) is 10.8 Å². The van der Waals surface area contributed by atoms with Crippen molar-refractivity contribution in [1.29, 1.82) is 0 Å². The SMILES string of the molecule is c1ccc(-c2ccc(N(c3ccc4c(c3)C(c3ccccc3)(c3ccccc3)c3ccccc3-4)c3cccc4c3Oc3ccccc3C43c4ccccc4Oc4ccccc43)cc2)cc1. The molecule has 10 aromatic rings. The molecule has 0 aromatic heterocycles. The van der Waals surface area contributed by atoms with E-state index in [0.717, 1.165) is 67.9 Å². The highest BCUT2D eigenvalue weighted by molar-refractivity contribution is 5.91. The van der Waals surface area contributed by atoms with Crippen LogP contribution in [-0.2, 0) is 10.8 Å². The van der Waals surface area contributed by atoms with Crippen LogP contribution >= 0.6 is 0 Å². The zero-order chi connectivity index (χ0) is 43.0. The normalized spacial score (nSPS) is 14.0. The first kappa shape index (κ1) is 37.2. The van der Waals surface area contributed by atoms with Crippen molar-refractivity contribution in [1.82, 2.24) is 0 Å². The van der Waals surface area contributed by atoms with Crippen LogP contribution in [0, 0.1) is 0 Å². The van der Waals surface area contributed by atoms with Crippen molar-refractivity contribution in [2.24, 2.45) is 0 Å². The maximum Gasteiger partial charge on any atom is 0.156 e. The van der Waals surface area contributed by atoms with Crippen LogP contribution in [0.2, 0.25) is 0 Å². The van der Waals surface area contributed by atoms with Gasteiger partial charge in [0, 0.05) is 33.6 Å². The van der Waals surface area contributed by atoms with Crippen molar-refractivity contribution in [3.8, 4) is 45.3 Å². The van der Waals surface area contributed by atoms with Crippen LogP contribution in [0.5, 0.6) is 23.0 Å². The predicted octanol–water partition coefficient (Wildman–Crippen LogP) is 15.8. The first-order valence-corrected chi connectivity index (χ1v) is 22.3. The third kappa shape index (κ3) is 5.36. The number of rotatable bonds is 6. The van der Waals surface area contributed by atoms with Crippen LogP contribution in [0.1, 0.15) is 44.5 Å². The minimum absolute atomic E-state index is 0.571. The summed E-state index contributed by atoms with van der Waals surface area (Å²) < 4.78 is 14.0. The zero-order valence-corrected chi connectivity index (χ0v) is 35.4. The molecule has 1 spiro atoms. The number of benzene rings is 10. The van der Waals surface area contributed by atoms with Crippen LogP contribution < -0.4 is 14.4 Å². The van der Waals surface area contributed by atoms with E-state index in [1.165, 1.54) is 38.9 Å². The maximum atomic E-state index is 7.32. The number of anilines is 3. The highest BCUT2D eigenvalue weighted by Crippen LogP contribution is 2.64. The van der Waals surface area contributed by atoms with Crippen LogP contribution in [-0.4, -0.2) is 0 Å². The van der Waals surface area contributed by atoms with Gasteiger partial charge in [0.05, 0.1) is 16.5 Å². The van der Waals surface area contributed by atoms with Gasteiger partial charge in [-0.15, -0.1) is 0 Å². The number of ether oxygens (including phenoxy) is 2. The summed E-state index contributed by atoms with van der Waals surface area (Å²) in [4.78, 5) is 2.40. The maximum absolute atomic E-state index is 7.32. The monoisotopic (exact) mass is 831 g/mol. The fourth-order valence-electron chi connectivity index (χ4n) is 11.2. The Balaban J connectivity index is 1.10. The first-order chi connectivity index (χ1) is 32.2. The van der Waals surface area contributed by atoms with E-state index in [4.69, 9.17) is 9.47 Å². The minimum atomic E-state index is -0.732. The van der Waals surface area contributed by atoms with E-state index in [1.807, 2.05) is 0 Å². The molecule has 0 unspecified atom stereocenters. The molecule has 0 bridgehead atoms. The van der Waals surface area contributed by atoms with E-state index in [-0.39, 0.29) is 0 Å².